The van der Waals surface area contributed by atoms with Crippen molar-refractivity contribution in [2.24, 2.45) is 0 Å². The lowest BCUT2D eigenvalue weighted by atomic mass is 9.83. The van der Waals surface area contributed by atoms with Gasteiger partial charge in [-0.05, 0) is 217 Å². The van der Waals surface area contributed by atoms with E-state index in [1.165, 1.54) is 76.3 Å². The van der Waals surface area contributed by atoms with Crippen LogP contribution in [0.15, 0.2) is 225 Å². The first-order chi connectivity index (χ1) is 43.2. The van der Waals surface area contributed by atoms with Gasteiger partial charge in [0.2, 0.25) is 0 Å². The number of nitrogens with zero attached hydrogens (tertiary/aromatic N) is 4. The third-order valence-electron chi connectivity index (χ3n) is 18.6. The summed E-state index contributed by atoms with van der Waals surface area (Å²) in [7, 11) is 0. The lowest BCUT2D eigenvalue weighted by Crippen LogP contribution is -2.29. The molecule has 0 amide bonds. The van der Waals surface area contributed by atoms with Crippen LogP contribution in [-0.4, -0.2) is 14.1 Å². The van der Waals surface area contributed by atoms with Crippen LogP contribution >= 0.6 is 0 Å². The summed E-state index contributed by atoms with van der Waals surface area (Å²) in [6.45, 7) is 34.7. The summed E-state index contributed by atoms with van der Waals surface area (Å²) in [5.74, 6) is 2.34. The molecule has 0 aliphatic heterocycles. The second-order valence-electron chi connectivity index (χ2n) is 30.6. The van der Waals surface area contributed by atoms with Crippen LogP contribution in [0.1, 0.15) is 132 Å². The van der Waals surface area contributed by atoms with E-state index in [0.717, 1.165) is 77.7 Å². The van der Waals surface area contributed by atoms with Crippen molar-refractivity contribution in [3.63, 3.8) is 0 Å². The van der Waals surface area contributed by atoms with Crippen molar-refractivity contribution in [3.05, 3.63) is 259 Å². The van der Waals surface area contributed by atoms with Gasteiger partial charge in [0.1, 0.15) is 17.3 Å². The van der Waals surface area contributed by atoms with Gasteiger partial charge >= 0.3 is 0 Å². The average Bonchev–Trinajstić information content (AvgIpc) is 1.70. The maximum atomic E-state index is 6.91. The third kappa shape index (κ3) is 11.3. The summed E-state index contributed by atoms with van der Waals surface area (Å²) < 4.78 is 13.6. The van der Waals surface area contributed by atoms with Gasteiger partial charge in [-0.15, -0.1) is 0 Å². The Morgan fingerprint density at radius 1 is 0.330 bits per heavy atom. The second-order valence-corrected chi connectivity index (χ2v) is 30.6. The zero-order valence-corrected chi connectivity index (χ0v) is 55.6. The van der Waals surface area contributed by atoms with Gasteiger partial charge < -0.3 is 4.74 Å². The summed E-state index contributed by atoms with van der Waals surface area (Å²) in [6.07, 6.45) is 5.86. The molecule has 0 unspecified atom stereocenters. The molecular formula is C86H82N4O. The zero-order chi connectivity index (χ0) is 63.7. The number of hydrogen-bond donors (Lipinski definition) is 0. The number of pyridine rings is 1. The molecule has 0 aliphatic rings. The van der Waals surface area contributed by atoms with Crippen LogP contribution in [0.2, 0.25) is 0 Å². The van der Waals surface area contributed by atoms with E-state index >= 15 is 0 Å². The van der Waals surface area contributed by atoms with Gasteiger partial charge in [-0.2, -0.15) is 0 Å². The average molecular weight is 1190 g/mol. The van der Waals surface area contributed by atoms with Gasteiger partial charge in [0, 0.05) is 23.0 Å². The van der Waals surface area contributed by atoms with Gasteiger partial charge in [-0.25, -0.2) is 4.98 Å². The first-order valence-electron chi connectivity index (χ1n) is 32.3. The van der Waals surface area contributed by atoms with Crippen molar-refractivity contribution in [2.45, 2.75) is 131 Å². The van der Waals surface area contributed by atoms with Crippen molar-refractivity contribution in [1.29, 1.82) is 0 Å². The molecule has 0 N–H and O–H groups in total. The predicted octanol–water partition coefficient (Wildman–Crippen LogP) is 23.1. The first kappa shape index (κ1) is 59.1. The molecule has 5 nitrogen and oxygen atoms in total. The Hall–Kier alpha value is -9.58. The SMILES string of the molecule is CC(C)(C)c1ccnc(-n2c3ccccc3c3ccc(Oc4cccc(-n5[c-][n+](-c6cc7cc(c6)c6cc(C(C)(C)C)cc(c6)c6cc(C(C)(C)C)cc(c6)c6cccc(c6)c6cc(C(C)(C)C)cc(c6)c6cc(C(C)(C)C)cc7c6)c6ccccc65)c4)cc32)c1. The van der Waals surface area contributed by atoms with Crippen molar-refractivity contribution >= 4 is 97.5 Å². The number of fused-ring (bicyclic) bond motifs is 22. The fourth-order valence-corrected chi connectivity index (χ4v) is 13.1. The molecule has 5 heteroatoms. The number of hydrogen-bond acceptors (Lipinski definition) is 2. The minimum Gasteiger partial charge on any atom is -0.458 e. The Kier molecular flexibility index (Phi) is 14.0. The van der Waals surface area contributed by atoms with Crippen molar-refractivity contribution < 1.29 is 9.30 Å². The molecule has 452 valence electrons. The molecule has 91 heavy (non-hydrogen) atoms. The summed E-state index contributed by atoms with van der Waals surface area (Å²) in [5, 5.41) is 16.5. The van der Waals surface area contributed by atoms with Crippen molar-refractivity contribution in [3.8, 4) is 28.7 Å². The monoisotopic (exact) mass is 1190 g/mol. The van der Waals surface area contributed by atoms with Crippen LogP contribution in [-0.2, 0) is 27.1 Å². The minimum absolute atomic E-state index is 0.0357. The molecule has 0 radical (unpaired) electrons. The molecule has 0 spiro atoms. The molecule has 0 saturated heterocycles. The molecule has 0 saturated carbocycles. The smallest absolute Gasteiger partial charge is 0.269 e. The molecule has 12 bridgehead atoms. The van der Waals surface area contributed by atoms with Gasteiger partial charge in [0.15, 0.2) is 0 Å². The number of rotatable bonds is 5. The van der Waals surface area contributed by atoms with E-state index in [1.54, 1.807) is 0 Å². The largest absolute Gasteiger partial charge is 0.458 e. The highest BCUT2D eigenvalue weighted by Gasteiger charge is 2.23. The highest BCUT2D eigenvalue weighted by molar-refractivity contribution is 6.10. The highest BCUT2D eigenvalue weighted by atomic mass is 16.5. The molecule has 0 fully saturated rings. The Labute approximate surface area is 536 Å². The Morgan fingerprint density at radius 3 is 1.25 bits per heavy atom. The van der Waals surface area contributed by atoms with E-state index in [-0.39, 0.29) is 27.1 Å². The molecule has 0 atom stereocenters. The number of benzene rings is 10. The quantitative estimate of drug-likeness (QED) is 0.127. The van der Waals surface area contributed by atoms with Crippen molar-refractivity contribution in [2.75, 3.05) is 0 Å². The molecule has 3 aromatic heterocycles. The van der Waals surface area contributed by atoms with Crippen LogP contribution in [0.4, 0.5) is 0 Å². The minimum atomic E-state index is -0.146. The summed E-state index contributed by atoms with van der Waals surface area (Å²) >= 11 is 0. The van der Waals surface area contributed by atoms with Gasteiger partial charge in [-0.3, -0.25) is 13.7 Å². The Morgan fingerprint density at radius 2 is 0.747 bits per heavy atom. The molecular weight excluding hydrogens is 1100 g/mol. The Balaban J connectivity index is 1.01. The van der Waals surface area contributed by atoms with Gasteiger partial charge in [-0.1, -0.05) is 219 Å². The lowest BCUT2D eigenvalue weighted by Gasteiger charge is -2.22. The normalized spacial score (nSPS) is 12.8. The van der Waals surface area contributed by atoms with Crippen LogP contribution in [0.5, 0.6) is 11.5 Å². The predicted molar refractivity (Wildman–Crippen MR) is 387 cm³/mol. The highest BCUT2D eigenvalue weighted by Crippen LogP contribution is 2.40. The topological polar surface area (TPSA) is 35.9 Å². The second kappa shape index (κ2) is 21.6. The van der Waals surface area contributed by atoms with E-state index in [9.17, 15) is 0 Å². The van der Waals surface area contributed by atoms with E-state index in [2.05, 4.69) is 336 Å². The van der Waals surface area contributed by atoms with Gasteiger partial charge in [0.25, 0.3) is 6.33 Å². The maximum Gasteiger partial charge on any atom is 0.269 e. The molecule has 0 aliphatic carbocycles. The van der Waals surface area contributed by atoms with Crippen LogP contribution in [0.25, 0.3) is 115 Å². The number of para-hydroxylation sites is 3. The first-order valence-corrected chi connectivity index (χ1v) is 32.3. The summed E-state index contributed by atoms with van der Waals surface area (Å²) in [4.78, 5) is 4.94. The van der Waals surface area contributed by atoms with E-state index in [1.807, 2.05) is 12.3 Å². The standard InChI is InChI=1S/C86H82N4O/c1-82(2,3)66-32-33-87-81(50-66)90-77-27-17-16-26-75(77)76-31-30-74(52-80(76)90)91-73-25-21-24-71(51-73)88-53-89(79-29-19-18-28-78(79)88)72-48-64-39-65(49-72)63-38-61(45-70(47-63)86(13,14)15)59-36-57(41-68(43-59)84(7,8)9)55-23-20-22-54(34-55)56-35-58(42-67(40-56)83(4,5)6)60-37-62(64)46-69(44-60)85(10,11)12/h16-52H,1-15H3. The van der Waals surface area contributed by atoms with Crippen LogP contribution in [0.3, 0.4) is 0 Å². The van der Waals surface area contributed by atoms with Crippen molar-refractivity contribution in [1.82, 2.24) is 14.1 Å². The molecule has 14 aromatic rings. The zero-order valence-electron chi connectivity index (χ0n) is 55.6. The summed E-state index contributed by atoms with van der Waals surface area (Å²) in [5.41, 5.74) is 12.0. The summed E-state index contributed by atoms with van der Waals surface area (Å²) in [6, 6.07) is 81.9. The van der Waals surface area contributed by atoms with E-state index < -0.39 is 0 Å². The van der Waals surface area contributed by atoms with Crippen LogP contribution < -0.4 is 9.30 Å². The van der Waals surface area contributed by atoms with Gasteiger partial charge in [0.05, 0.1) is 33.4 Å². The molecule has 3 heterocycles. The van der Waals surface area contributed by atoms with E-state index in [0.29, 0.717) is 0 Å². The van der Waals surface area contributed by atoms with Crippen LogP contribution in [0, 0.1) is 6.33 Å². The maximum absolute atomic E-state index is 6.91. The fraction of sp³-hybridized carbons (Fsp3) is 0.233. The lowest BCUT2D eigenvalue weighted by molar-refractivity contribution is -0.572. The third-order valence-corrected chi connectivity index (χ3v) is 18.6. The Bertz CT molecular complexity index is 5220. The fourth-order valence-electron chi connectivity index (χ4n) is 13.1. The number of aromatic nitrogens is 4. The number of ether oxygens (including phenoxy) is 1. The molecule has 11 aromatic carbocycles. The van der Waals surface area contributed by atoms with E-state index in [4.69, 9.17) is 9.72 Å². The molecule has 14 rings (SSSR count). The number of imidazole rings is 1.